The second kappa shape index (κ2) is 10.5. The quantitative estimate of drug-likeness (QED) is 0.443. The first-order chi connectivity index (χ1) is 13.5. The van der Waals surface area contributed by atoms with Crippen molar-refractivity contribution in [3.05, 3.63) is 77.7 Å². The van der Waals surface area contributed by atoms with Crippen LogP contribution in [0.5, 0.6) is 5.75 Å². The van der Waals surface area contributed by atoms with E-state index in [2.05, 4.69) is 25.7 Å². The summed E-state index contributed by atoms with van der Waals surface area (Å²) in [6, 6.07) is 17.6. The lowest BCUT2D eigenvalue weighted by molar-refractivity contribution is 0.101. The molecule has 0 atom stereocenters. The Balaban J connectivity index is 0.000000990. The van der Waals surface area contributed by atoms with Gasteiger partial charge < -0.3 is 10.1 Å². The molecule has 1 aromatic heterocycles. The van der Waals surface area contributed by atoms with E-state index in [9.17, 15) is 4.79 Å². The van der Waals surface area contributed by atoms with E-state index < -0.39 is 0 Å². The molecule has 0 saturated heterocycles. The number of ether oxygens (including phenoxy) is 1. The molecule has 0 aliphatic rings. The van der Waals surface area contributed by atoms with Crippen molar-refractivity contribution in [3.63, 3.8) is 0 Å². The number of hydrogen-bond acceptors (Lipinski definition) is 4. The summed E-state index contributed by atoms with van der Waals surface area (Å²) in [5, 5.41) is 6.09. The molecular formula is C24H29NO2S. The highest BCUT2D eigenvalue weighted by Crippen LogP contribution is 2.38. The van der Waals surface area contributed by atoms with Gasteiger partial charge in [0.15, 0.2) is 5.78 Å². The van der Waals surface area contributed by atoms with Gasteiger partial charge in [-0.25, -0.2) is 0 Å². The molecule has 0 bridgehead atoms. The molecule has 0 fully saturated rings. The van der Waals surface area contributed by atoms with Gasteiger partial charge in [0, 0.05) is 23.6 Å². The summed E-state index contributed by atoms with van der Waals surface area (Å²) in [4.78, 5) is 12.3. The van der Waals surface area contributed by atoms with Crippen molar-refractivity contribution < 1.29 is 11.0 Å². The van der Waals surface area contributed by atoms with Crippen LogP contribution in [-0.4, -0.2) is 12.9 Å². The second-order valence-corrected chi connectivity index (χ2v) is 7.17. The second-order valence-electron chi connectivity index (χ2n) is 6.29. The topological polar surface area (TPSA) is 38.3 Å². The smallest absolute Gasteiger partial charge is 0.163 e. The number of methoxy groups -OCH3 is 1. The predicted octanol–water partition coefficient (Wildman–Crippen LogP) is 7.37. The van der Waals surface area contributed by atoms with Crippen molar-refractivity contribution in [1.29, 1.82) is 0 Å². The number of benzene rings is 2. The number of para-hydroxylation sites is 1. The van der Waals surface area contributed by atoms with Crippen molar-refractivity contribution in [3.8, 4) is 16.9 Å². The molecular weight excluding hydrogens is 366 g/mol. The third-order valence-electron chi connectivity index (χ3n) is 3.92. The molecule has 0 radical (unpaired) electrons. The highest BCUT2D eigenvalue weighted by Gasteiger charge is 2.18. The maximum absolute atomic E-state index is 12.3. The van der Waals surface area contributed by atoms with Crippen molar-refractivity contribution >= 4 is 27.8 Å². The van der Waals surface area contributed by atoms with Crippen LogP contribution in [0.4, 0.5) is 5.00 Å². The molecule has 0 spiro atoms. The normalized spacial score (nSPS) is 9.86. The predicted molar refractivity (Wildman–Crippen MR) is 123 cm³/mol. The molecule has 28 heavy (non-hydrogen) atoms. The van der Waals surface area contributed by atoms with Crippen LogP contribution >= 0.6 is 11.3 Å². The molecule has 0 aliphatic heterocycles. The average molecular weight is 396 g/mol. The van der Waals surface area contributed by atoms with Crippen LogP contribution in [-0.2, 0) is 0 Å². The van der Waals surface area contributed by atoms with Crippen LogP contribution in [0.2, 0.25) is 0 Å². The molecule has 0 aliphatic carbocycles. The largest absolute Gasteiger partial charge is 0.496 e. The Labute approximate surface area is 173 Å². The molecule has 148 valence electrons. The fraction of sp³-hybridized carbons (Fsp3) is 0.208. The monoisotopic (exact) mass is 395 g/mol. The van der Waals surface area contributed by atoms with Crippen molar-refractivity contribution in [2.45, 2.75) is 27.2 Å². The fourth-order valence-electron chi connectivity index (χ4n) is 2.73. The highest BCUT2D eigenvalue weighted by molar-refractivity contribution is 7.15. The Morgan fingerprint density at radius 1 is 1.11 bits per heavy atom. The number of hydrogen-bond donors (Lipinski definition) is 1. The van der Waals surface area contributed by atoms with E-state index in [-0.39, 0.29) is 7.21 Å². The Hall–Kier alpha value is -2.85. The Morgan fingerprint density at radius 3 is 2.32 bits per heavy atom. The van der Waals surface area contributed by atoms with Gasteiger partial charge in [0.05, 0.1) is 12.7 Å². The summed E-state index contributed by atoms with van der Waals surface area (Å²) in [7, 11) is 1.63. The zero-order chi connectivity index (χ0) is 20.5. The molecule has 1 heterocycles. The zero-order valence-electron chi connectivity index (χ0n) is 16.9. The third kappa shape index (κ3) is 5.11. The van der Waals surface area contributed by atoms with E-state index in [1.165, 1.54) is 17.8 Å². The van der Waals surface area contributed by atoms with Gasteiger partial charge in [0.2, 0.25) is 0 Å². The lowest BCUT2D eigenvalue weighted by atomic mass is 10.0. The minimum absolute atomic E-state index is 0. The number of carbonyl (C=O) groups excluding carboxylic acids is 1. The Bertz CT molecular complexity index is 935. The molecule has 3 aromatic rings. The average Bonchev–Trinajstić information content (AvgIpc) is 3.13. The zero-order valence-corrected chi connectivity index (χ0v) is 17.7. The molecule has 0 amide bonds. The minimum atomic E-state index is 0. The van der Waals surface area contributed by atoms with Gasteiger partial charge in [0.25, 0.3) is 0 Å². The van der Waals surface area contributed by atoms with Gasteiger partial charge in [-0.1, -0.05) is 69.3 Å². The number of rotatable bonds is 6. The molecule has 3 rings (SSSR count). The van der Waals surface area contributed by atoms with Crippen LogP contribution in [0.3, 0.4) is 0 Å². The van der Waals surface area contributed by atoms with Crippen LogP contribution in [0.15, 0.2) is 66.6 Å². The number of ketones is 1. The number of carbonyl (C=O) groups is 1. The number of Topliss-reactive ketones (excluding diaryl/α,β-unsaturated/α-hetero) is 1. The maximum Gasteiger partial charge on any atom is 0.163 e. The molecule has 4 heteroatoms. The molecule has 1 N–H and O–H groups in total. The van der Waals surface area contributed by atoms with Gasteiger partial charge in [0.1, 0.15) is 10.8 Å². The van der Waals surface area contributed by atoms with E-state index >= 15 is 0 Å². The fourth-order valence-corrected chi connectivity index (χ4v) is 3.77. The molecule has 2 aromatic carbocycles. The third-order valence-corrected chi connectivity index (χ3v) is 4.82. The van der Waals surface area contributed by atoms with Gasteiger partial charge in [-0.3, -0.25) is 4.79 Å². The summed E-state index contributed by atoms with van der Waals surface area (Å²) in [5.41, 5.74) is 4.22. The highest BCUT2D eigenvalue weighted by atomic mass is 32.1. The van der Waals surface area contributed by atoms with Gasteiger partial charge >= 0.3 is 0 Å². The molecule has 0 saturated carbocycles. The van der Waals surface area contributed by atoms with Crippen LogP contribution < -0.4 is 10.1 Å². The van der Waals surface area contributed by atoms with Crippen LogP contribution in [0.25, 0.3) is 16.8 Å². The van der Waals surface area contributed by atoms with Crippen molar-refractivity contribution in [2.75, 3.05) is 12.4 Å². The summed E-state index contributed by atoms with van der Waals surface area (Å²) in [6.07, 6.45) is 1.25. The van der Waals surface area contributed by atoms with E-state index in [1.54, 1.807) is 14.0 Å². The van der Waals surface area contributed by atoms with Crippen molar-refractivity contribution in [1.82, 2.24) is 0 Å². The summed E-state index contributed by atoms with van der Waals surface area (Å²) < 4.78 is 5.39. The first-order valence-electron chi connectivity index (χ1n) is 9.30. The lowest BCUT2D eigenvalue weighted by Crippen LogP contribution is -2.03. The van der Waals surface area contributed by atoms with E-state index in [1.807, 2.05) is 60.0 Å². The Morgan fingerprint density at radius 2 is 1.71 bits per heavy atom. The summed E-state index contributed by atoms with van der Waals surface area (Å²) >= 11 is 1.50. The molecule has 0 unspecified atom stereocenters. The number of nitrogens with one attached hydrogen (secondary N) is 1. The first-order valence-corrected chi connectivity index (χ1v) is 10.2. The molecule has 3 nitrogen and oxygen atoms in total. The standard InChI is InChI=1S/C21H19NO2S.C3H8.H2/c1-14(17-11-7-8-12-19(17)24-3)22-21-20(15(2)23)18(13-25-21)16-9-5-4-6-10-16;1-3-2;/h4-13,22H,1H2,2-3H3;3H2,1-2H3;1H. The maximum atomic E-state index is 12.3. The van der Waals surface area contributed by atoms with Crippen LogP contribution in [0.1, 0.15) is 44.5 Å². The minimum Gasteiger partial charge on any atom is -0.496 e. The first kappa shape index (κ1) is 21.5. The summed E-state index contributed by atoms with van der Waals surface area (Å²) in [6.45, 7) is 9.95. The van der Waals surface area contributed by atoms with Gasteiger partial charge in [-0.15, -0.1) is 11.3 Å². The van der Waals surface area contributed by atoms with E-state index in [0.29, 0.717) is 11.3 Å². The van der Waals surface area contributed by atoms with Crippen molar-refractivity contribution in [2.24, 2.45) is 0 Å². The van der Waals surface area contributed by atoms with Gasteiger partial charge in [-0.2, -0.15) is 0 Å². The number of anilines is 1. The Kier molecular flexibility index (Phi) is 8.02. The van der Waals surface area contributed by atoms with Crippen LogP contribution in [0, 0.1) is 0 Å². The lowest BCUT2D eigenvalue weighted by Gasteiger charge is -2.13. The number of thiophene rings is 1. The summed E-state index contributed by atoms with van der Waals surface area (Å²) in [5.74, 6) is 0.764. The van der Waals surface area contributed by atoms with E-state index in [4.69, 9.17) is 4.74 Å². The van der Waals surface area contributed by atoms with Gasteiger partial charge in [-0.05, 0) is 24.6 Å². The van der Waals surface area contributed by atoms with E-state index in [0.717, 1.165) is 27.4 Å². The SMILES string of the molecule is C=C(Nc1scc(-c2ccccc2)c1C(C)=O)c1ccccc1OC.CCC.[HH].